The van der Waals surface area contributed by atoms with Crippen LogP contribution in [0, 0.1) is 12.8 Å². The predicted molar refractivity (Wildman–Crippen MR) is 89.3 cm³/mol. The Kier molecular flexibility index (Phi) is 3.84. The number of amides is 1. The lowest BCUT2D eigenvalue weighted by Gasteiger charge is -2.20. The van der Waals surface area contributed by atoms with Crippen molar-refractivity contribution in [1.82, 2.24) is 10.3 Å². The standard InChI is InChI=1S/C19H20N2O3/c1-12-6-7-20-15(10-12)18(13-2-3-13)21-19(22)14-4-5-16-17(11-14)24-9-8-23-16/h4-7,10-11,13,18H,2-3,8-9H2,1H3,(H,21,22). The normalized spacial score (nSPS) is 17.2. The summed E-state index contributed by atoms with van der Waals surface area (Å²) in [5, 5.41) is 3.15. The third kappa shape index (κ3) is 3.07. The summed E-state index contributed by atoms with van der Waals surface area (Å²) in [4.78, 5) is 17.2. The summed E-state index contributed by atoms with van der Waals surface area (Å²) in [7, 11) is 0. The molecule has 5 heteroatoms. The summed E-state index contributed by atoms with van der Waals surface area (Å²) >= 11 is 0. The van der Waals surface area contributed by atoms with Gasteiger partial charge >= 0.3 is 0 Å². The zero-order valence-corrected chi connectivity index (χ0v) is 13.6. The number of carbonyl (C=O) groups is 1. The number of fused-ring (bicyclic) bond motifs is 1. The van der Waals surface area contributed by atoms with Crippen LogP contribution in [0.4, 0.5) is 0 Å². The van der Waals surface area contributed by atoms with Crippen molar-refractivity contribution in [2.45, 2.75) is 25.8 Å². The van der Waals surface area contributed by atoms with Gasteiger partial charge in [-0.1, -0.05) is 0 Å². The van der Waals surface area contributed by atoms with Gasteiger partial charge in [-0.25, -0.2) is 0 Å². The molecule has 2 heterocycles. The van der Waals surface area contributed by atoms with Crippen molar-refractivity contribution in [3.8, 4) is 11.5 Å². The number of rotatable bonds is 4. The topological polar surface area (TPSA) is 60.5 Å². The maximum Gasteiger partial charge on any atom is 0.251 e. The molecule has 0 radical (unpaired) electrons. The minimum Gasteiger partial charge on any atom is -0.486 e. The smallest absolute Gasteiger partial charge is 0.251 e. The van der Waals surface area contributed by atoms with Crippen LogP contribution in [0.2, 0.25) is 0 Å². The highest BCUT2D eigenvalue weighted by Gasteiger charge is 2.34. The molecule has 4 rings (SSSR count). The Morgan fingerprint density at radius 2 is 1.96 bits per heavy atom. The summed E-state index contributed by atoms with van der Waals surface area (Å²) < 4.78 is 11.1. The first-order chi connectivity index (χ1) is 11.7. The Labute approximate surface area is 141 Å². The number of hydrogen-bond acceptors (Lipinski definition) is 4. The molecule has 2 aliphatic rings. The summed E-state index contributed by atoms with van der Waals surface area (Å²) in [5.41, 5.74) is 2.67. The average molecular weight is 324 g/mol. The number of carbonyl (C=O) groups excluding carboxylic acids is 1. The first-order valence-electron chi connectivity index (χ1n) is 8.34. The fourth-order valence-electron chi connectivity index (χ4n) is 3.00. The number of pyridine rings is 1. The maximum absolute atomic E-state index is 12.7. The van der Waals surface area contributed by atoms with E-state index < -0.39 is 0 Å². The number of benzene rings is 1. The van der Waals surface area contributed by atoms with Gasteiger partial charge in [0.1, 0.15) is 13.2 Å². The van der Waals surface area contributed by atoms with Gasteiger partial charge in [0.2, 0.25) is 0 Å². The highest BCUT2D eigenvalue weighted by Crippen LogP contribution is 2.41. The lowest BCUT2D eigenvalue weighted by molar-refractivity contribution is 0.0929. The van der Waals surface area contributed by atoms with E-state index in [2.05, 4.69) is 10.3 Å². The third-order valence-electron chi connectivity index (χ3n) is 4.44. The van der Waals surface area contributed by atoms with E-state index in [-0.39, 0.29) is 11.9 Å². The second-order valence-corrected chi connectivity index (χ2v) is 6.41. The molecule has 2 aromatic rings. The average Bonchev–Trinajstić information content (AvgIpc) is 3.44. The molecule has 1 aliphatic carbocycles. The van der Waals surface area contributed by atoms with Gasteiger partial charge in [0.25, 0.3) is 5.91 Å². The van der Waals surface area contributed by atoms with Crippen molar-refractivity contribution in [2.24, 2.45) is 5.92 Å². The van der Waals surface area contributed by atoms with Gasteiger partial charge in [0, 0.05) is 11.8 Å². The molecule has 0 bridgehead atoms. The molecule has 1 fully saturated rings. The summed E-state index contributed by atoms with van der Waals surface area (Å²) in [5.74, 6) is 1.69. The SMILES string of the molecule is Cc1ccnc(C(NC(=O)c2ccc3c(c2)OCCO3)C2CC2)c1. The van der Waals surface area contributed by atoms with Gasteiger partial charge in [-0.15, -0.1) is 0 Å². The van der Waals surface area contributed by atoms with Gasteiger partial charge in [-0.05, 0) is 61.6 Å². The molecule has 5 nitrogen and oxygen atoms in total. The van der Waals surface area contributed by atoms with Crippen molar-refractivity contribution in [1.29, 1.82) is 0 Å². The highest BCUT2D eigenvalue weighted by atomic mass is 16.6. The molecule has 1 unspecified atom stereocenters. The lowest BCUT2D eigenvalue weighted by Crippen LogP contribution is -2.30. The van der Waals surface area contributed by atoms with Crippen LogP contribution in [-0.4, -0.2) is 24.1 Å². The molecule has 1 aromatic carbocycles. The minimum absolute atomic E-state index is 0.0365. The molecule has 124 valence electrons. The number of nitrogens with one attached hydrogen (secondary N) is 1. The zero-order chi connectivity index (χ0) is 16.5. The minimum atomic E-state index is -0.104. The van der Waals surface area contributed by atoms with Gasteiger partial charge in [-0.3, -0.25) is 9.78 Å². The molecular weight excluding hydrogens is 304 g/mol. The Balaban J connectivity index is 1.55. The molecule has 1 saturated carbocycles. The Bertz CT molecular complexity index is 771. The fourth-order valence-corrected chi connectivity index (χ4v) is 3.00. The first-order valence-corrected chi connectivity index (χ1v) is 8.34. The first kappa shape index (κ1) is 15.0. The summed E-state index contributed by atoms with van der Waals surface area (Å²) in [6.07, 6.45) is 4.06. The number of aryl methyl sites for hydroxylation is 1. The van der Waals surface area contributed by atoms with Gasteiger partial charge in [0.05, 0.1) is 11.7 Å². The summed E-state index contributed by atoms with van der Waals surface area (Å²) in [6, 6.07) is 9.29. The number of ether oxygens (including phenoxy) is 2. The van der Waals surface area contributed by atoms with Crippen LogP contribution in [-0.2, 0) is 0 Å². The number of aromatic nitrogens is 1. The van der Waals surface area contributed by atoms with Crippen molar-refractivity contribution in [2.75, 3.05) is 13.2 Å². The summed E-state index contributed by atoms with van der Waals surface area (Å²) in [6.45, 7) is 3.09. The van der Waals surface area contributed by atoms with Gasteiger partial charge in [-0.2, -0.15) is 0 Å². The molecule has 0 spiro atoms. The van der Waals surface area contributed by atoms with E-state index in [1.165, 1.54) is 0 Å². The maximum atomic E-state index is 12.7. The number of nitrogens with zero attached hydrogens (tertiary/aromatic N) is 1. The van der Waals surface area contributed by atoms with E-state index in [9.17, 15) is 4.79 Å². The lowest BCUT2D eigenvalue weighted by atomic mass is 10.1. The van der Waals surface area contributed by atoms with E-state index in [0.29, 0.717) is 36.2 Å². The van der Waals surface area contributed by atoms with Crippen molar-refractivity contribution < 1.29 is 14.3 Å². The monoisotopic (exact) mass is 324 g/mol. The number of hydrogen-bond donors (Lipinski definition) is 1. The Morgan fingerprint density at radius 3 is 2.71 bits per heavy atom. The Hall–Kier alpha value is -2.56. The van der Waals surface area contributed by atoms with E-state index in [0.717, 1.165) is 24.1 Å². The quantitative estimate of drug-likeness (QED) is 0.939. The largest absolute Gasteiger partial charge is 0.486 e. The molecule has 1 amide bonds. The van der Waals surface area contributed by atoms with Crippen LogP contribution in [0.3, 0.4) is 0 Å². The van der Waals surface area contributed by atoms with Crippen LogP contribution in [0.1, 0.15) is 40.5 Å². The van der Waals surface area contributed by atoms with Crippen molar-refractivity contribution >= 4 is 5.91 Å². The van der Waals surface area contributed by atoms with Crippen molar-refractivity contribution in [3.63, 3.8) is 0 Å². The molecule has 24 heavy (non-hydrogen) atoms. The second-order valence-electron chi connectivity index (χ2n) is 6.41. The predicted octanol–water partition coefficient (Wildman–Crippen LogP) is 3.04. The molecule has 1 N–H and O–H groups in total. The zero-order valence-electron chi connectivity index (χ0n) is 13.6. The van der Waals surface area contributed by atoms with Crippen LogP contribution in [0.5, 0.6) is 11.5 Å². The van der Waals surface area contributed by atoms with Gasteiger partial charge < -0.3 is 14.8 Å². The van der Waals surface area contributed by atoms with Crippen LogP contribution >= 0.6 is 0 Å². The third-order valence-corrected chi connectivity index (χ3v) is 4.44. The van der Waals surface area contributed by atoms with Crippen molar-refractivity contribution in [3.05, 3.63) is 53.3 Å². The molecule has 1 aromatic heterocycles. The molecule has 1 atom stereocenters. The second kappa shape index (κ2) is 6.15. The Morgan fingerprint density at radius 1 is 1.17 bits per heavy atom. The van der Waals surface area contributed by atoms with Gasteiger partial charge in [0.15, 0.2) is 11.5 Å². The van der Waals surface area contributed by atoms with Crippen LogP contribution in [0.25, 0.3) is 0 Å². The fraction of sp³-hybridized carbons (Fsp3) is 0.368. The molecule has 1 aliphatic heterocycles. The van der Waals surface area contributed by atoms with E-state index in [1.807, 2.05) is 19.1 Å². The van der Waals surface area contributed by atoms with E-state index >= 15 is 0 Å². The highest BCUT2D eigenvalue weighted by molar-refractivity contribution is 5.95. The van der Waals surface area contributed by atoms with Crippen LogP contribution in [0.15, 0.2) is 36.5 Å². The van der Waals surface area contributed by atoms with E-state index in [4.69, 9.17) is 9.47 Å². The van der Waals surface area contributed by atoms with E-state index in [1.54, 1.807) is 24.4 Å². The molecular formula is C19H20N2O3. The van der Waals surface area contributed by atoms with Crippen LogP contribution < -0.4 is 14.8 Å². The molecule has 0 saturated heterocycles.